The van der Waals surface area contributed by atoms with Gasteiger partial charge in [-0.1, -0.05) is 0 Å². The van der Waals surface area contributed by atoms with Crippen molar-refractivity contribution in [2.45, 2.75) is 115 Å². The molecule has 2 fully saturated rings. The van der Waals surface area contributed by atoms with Crippen molar-refractivity contribution in [3.05, 3.63) is 0 Å². The highest BCUT2D eigenvalue weighted by atomic mass is 31.2. The molecule has 0 aliphatic carbocycles. The Labute approximate surface area is 224 Å². The molecule has 2 aliphatic rings. The molecular formula is C23H52N2O10P2. The van der Waals surface area contributed by atoms with Crippen molar-refractivity contribution in [2.24, 2.45) is 11.3 Å². The van der Waals surface area contributed by atoms with Crippen LogP contribution < -0.4 is 10.6 Å². The van der Waals surface area contributed by atoms with E-state index >= 15 is 0 Å². The van der Waals surface area contributed by atoms with Gasteiger partial charge in [-0.05, 0) is 87.0 Å². The molecule has 0 spiro atoms. The van der Waals surface area contributed by atoms with Crippen LogP contribution in [0.4, 0.5) is 0 Å². The molecule has 11 N–H and O–H groups in total. The Morgan fingerprint density at radius 1 is 0.649 bits per heavy atom. The van der Waals surface area contributed by atoms with Gasteiger partial charge in [-0.3, -0.25) is 0 Å². The van der Waals surface area contributed by atoms with Crippen molar-refractivity contribution < 1.29 is 49.4 Å². The average molecular weight is 579 g/mol. The van der Waals surface area contributed by atoms with E-state index in [9.17, 15) is 15.3 Å². The first-order valence-corrected chi connectivity index (χ1v) is 14.7. The summed E-state index contributed by atoms with van der Waals surface area (Å²) in [5.41, 5.74) is -1.37. The van der Waals surface area contributed by atoms with E-state index in [1.54, 1.807) is 0 Å². The third-order valence-electron chi connectivity index (χ3n) is 6.69. The van der Waals surface area contributed by atoms with Gasteiger partial charge in [0.25, 0.3) is 0 Å². The highest BCUT2D eigenvalue weighted by Gasteiger charge is 2.50. The zero-order valence-electron chi connectivity index (χ0n) is 23.5. The van der Waals surface area contributed by atoms with E-state index in [1.807, 2.05) is 0 Å². The topological polar surface area (TPSA) is 215 Å². The minimum absolute atomic E-state index is 0.00335. The predicted molar refractivity (Wildman–Crippen MR) is 144 cm³/mol. The molecule has 2 aliphatic heterocycles. The molecule has 0 aromatic rings. The van der Waals surface area contributed by atoms with Gasteiger partial charge in [0.1, 0.15) is 0 Å². The summed E-state index contributed by atoms with van der Waals surface area (Å²) in [7, 11) is -5.24. The molecule has 0 bridgehead atoms. The smallest absolute Gasteiger partial charge is 0.324 e. The first kappa shape index (κ1) is 37.4. The molecule has 0 amide bonds. The summed E-state index contributed by atoms with van der Waals surface area (Å²) < 4.78 is 6.78. The Morgan fingerprint density at radius 2 is 0.919 bits per heavy atom. The van der Waals surface area contributed by atoms with Gasteiger partial charge >= 0.3 is 17.2 Å². The molecule has 12 nitrogen and oxygen atoms in total. The van der Waals surface area contributed by atoms with E-state index in [2.05, 4.69) is 66.0 Å². The van der Waals surface area contributed by atoms with Crippen LogP contribution in [0, 0.1) is 11.3 Å². The molecular weight excluding hydrogens is 526 g/mol. The van der Waals surface area contributed by atoms with Crippen LogP contribution in [0.2, 0.25) is 0 Å². The molecule has 1 atom stereocenters. The Hall–Kier alpha value is 0.380. The van der Waals surface area contributed by atoms with Crippen LogP contribution in [0.3, 0.4) is 0 Å². The SMILES string of the molecule is CC1(C)CC(OC(C2CC(C)(C)NC(C)(C)C2)C(CO)(CO)CO)CC(C)(C)N1.OP(O)O.OP(O)O. The maximum absolute atomic E-state index is 10.2. The van der Waals surface area contributed by atoms with Gasteiger partial charge < -0.3 is 60.1 Å². The van der Waals surface area contributed by atoms with Crippen molar-refractivity contribution in [3.8, 4) is 0 Å². The fourth-order valence-electron chi connectivity index (χ4n) is 6.32. The summed E-state index contributed by atoms with van der Waals surface area (Å²) >= 11 is 0. The van der Waals surface area contributed by atoms with E-state index in [1.165, 1.54) is 0 Å². The van der Waals surface area contributed by atoms with Crippen LogP contribution in [0.5, 0.6) is 0 Å². The minimum Gasteiger partial charge on any atom is -0.396 e. The highest BCUT2D eigenvalue weighted by molar-refractivity contribution is 7.38. The second-order valence-electron chi connectivity index (χ2n) is 12.9. The summed E-state index contributed by atoms with van der Waals surface area (Å²) in [6.07, 6.45) is 3.00. The third kappa shape index (κ3) is 14.0. The molecule has 0 radical (unpaired) electrons. The lowest BCUT2D eigenvalue weighted by Crippen LogP contribution is -2.64. The average Bonchev–Trinajstić information content (AvgIpc) is 2.63. The Kier molecular flexibility index (Phi) is 15.0. The summed E-state index contributed by atoms with van der Waals surface area (Å²) in [6, 6.07) is 0. The monoisotopic (exact) mass is 578 g/mol. The lowest BCUT2D eigenvalue weighted by molar-refractivity contribution is -0.183. The number of aliphatic hydroxyl groups is 3. The molecule has 2 saturated heterocycles. The van der Waals surface area contributed by atoms with Gasteiger partial charge in [0.2, 0.25) is 0 Å². The number of nitrogens with one attached hydrogen (secondary N) is 2. The molecule has 0 saturated carbocycles. The van der Waals surface area contributed by atoms with Crippen LogP contribution in [0.25, 0.3) is 0 Å². The summed E-state index contributed by atoms with van der Waals surface area (Å²) in [6.45, 7) is 16.6. The van der Waals surface area contributed by atoms with Crippen molar-refractivity contribution in [1.82, 2.24) is 10.6 Å². The summed E-state index contributed by atoms with van der Waals surface area (Å²) in [4.78, 5) is 43.4. The molecule has 2 rings (SSSR count). The summed E-state index contributed by atoms with van der Waals surface area (Å²) in [5, 5.41) is 38.1. The van der Waals surface area contributed by atoms with Crippen molar-refractivity contribution in [2.75, 3.05) is 19.8 Å². The molecule has 37 heavy (non-hydrogen) atoms. The number of rotatable bonds is 7. The lowest BCUT2D eigenvalue weighted by Gasteiger charge is -2.53. The molecule has 1 unspecified atom stereocenters. The minimum atomic E-state index is -2.62. The van der Waals surface area contributed by atoms with Crippen molar-refractivity contribution >= 4 is 17.2 Å². The van der Waals surface area contributed by atoms with Crippen LogP contribution >= 0.6 is 17.2 Å². The maximum Gasteiger partial charge on any atom is 0.324 e. The van der Waals surface area contributed by atoms with Crippen LogP contribution in [0.15, 0.2) is 0 Å². The van der Waals surface area contributed by atoms with E-state index in [-0.39, 0.29) is 54.0 Å². The van der Waals surface area contributed by atoms with Gasteiger partial charge in [-0.2, -0.15) is 0 Å². The van der Waals surface area contributed by atoms with E-state index in [4.69, 9.17) is 34.1 Å². The lowest BCUT2D eigenvalue weighted by atomic mass is 9.67. The largest absolute Gasteiger partial charge is 0.396 e. The van der Waals surface area contributed by atoms with Gasteiger partial charge in [0.15, 0.2) is 0 Å². The van der Waals surface area contributed by atoms with E-state index < -0.39 is 28.7 Å². The second-order valence-corrected chi connectivity index (χ2v) is 14.0. The Morgan fingerprint density at radius 3 is 1.19 bits per heavy atom. The van der Waals surface area contributed by atoms with Gasteiger partial charge in [-0.15, -0.1) is 0 Å². The zero-order chi connectivity index (χ0) is 29.5. The standard InChI is InChI=1S/C23H46N2O4.2H3O3P/c1-19(2)9-16(10-20(3,4)24-19)18(23(13-26,14-27)15-28)29-17-11-21(5,6)25-22(7,8)12-17;2*1-4(2)3/h16-18,24-28H,9-15H2,1-8H3;2*1-3H. The van der Waals surface area contributed by atoms with E-state index in [0.29, 0.717) is 0 Å². The normalized spacial score (nSPS) is 24.1. The van der Waals surface area contributed by atoms with Crippen LogP contribution in [-0.2, 0) is 4.74 Å². The Balaban J connectivity index is 0.00000142. The molecule has 14 heteroatoms. The van der Waals surface area contributed by atoms with Gasteiger partial charge in [-0.25, -0.2) is 0 Å². The number of hydrogen-bond acceptors (Lipinski definition) is 12. The van der Waals surface area contributed by atoms with Crippen LogP contribution in [-0.4, -0.2) is 98.9 Å². The molecule has 0 aromatic carbocycles. The number of aliphatic hydroxyl groups excluding tert-OH is 3. The summed E-state index contributed by atoms with van der Waals surface area (Å²) in [5.74, 6) is 0.119. The fraction of sp³-hybridized carbons (Fsp3) is 1.00. The third-order valence-corrected chi connectivity index (χ3v) is 6.69. The van der Waals surface area contributed by atoms with E-state index in [0.717, 1.165) is 25.7 Å². The molecule has 0 aromatic heterocycles. The Bertz CT molecular complexity index is 610. The van der Waals surface area contributed by atoms with Crippen molar-refractivity contribution in [1.29, 1.82) is 0 Å². The number of ether oxygens (including phenoxy) is 1. The fourth-order valence-corrected chi connectivity index (χ4v) is 6.32. The zero-order valence-corrected chi connectivity index (χ0v) is 25.3. The van der Waals surface area contributed by atoms with Crippen LogP contribution in [0.1, 0.15) is 81.1 Å². The number of hydrogen-bond donors (Lipinski definition) is 11. The first-order valence-electron chi connectivity index (χ1n) is 12.3. The maximum atomic E-state index is 10.2. The number of piperidine rings is 2. The van der Waals surface area contributed by atoms with Gasteiger partial charge in [0, 0.05) is 22.2 Å². The highest BCUT2D eigenvalue weighted by Crippen LogP contribution is 2.43. The second kappa shape index (κ2) is 14.8. The predicted octanol–water partition coefficient (Wildman–Crippen LogP) is 0.581. The quantitative estimate of drug-likeness (QED) is 0.187. The van der Waals surface area contributed by atoms with Gasteiger partial charge in [0.05, 0.1) is 37.4 Å². The molecule has 2 heterocycles. The molecule has 224 valence electrons. The first-order chi connectivity index (χ1) is 16.5. The van der Waals surface area contributed by atoms with Crippen molar-refractivity contribution in [3.63, 3.8) is 0 Å².